The molecule has 2 nitrogen and oxygen atoms in total. The fourth-order valence-corrected chi connectivity index (χ4v) is 2.35. The minimum Gasteiger partial charge on any atom is -0.390 e. The molecule has 0 aromatic heterocycles. The maximum absolute atomic E-state index is 10.1. The Kier molecular flexibility index (Phi) is 3.04. The first kappa shape index (κ1) is 12.6. The fourth-order valence-electron chi connectivity index (χ4n) is 2.35. The minimum absolute atomic E-state index is 0.158. The Hall–Kier alpha value is -0.860. The number of hydrogen-bond acceptors (Lipinski definition) is 2. The highest BCUT2D eigenvalue weighted by Crippen LogP contribution is 2.51. The molecule has 17 heavy (non-hydrogen) atoms. The molecule has 0 radical (unpaired) electrons. The van der Waals surface area contributed by atoms with Crippen molar-refractivity contribution in [1.82, 2.24) is 5.32 Å². The second-order valence-electron chi connectivity index (χ2n) is 6.53. The van der Waals surface area contributed by atoms with Crippen LogP contribution in [0.2, 0.25) is 0 Å². The molecule has 1 fully saturated rings. The Balaban J connectivity index is 2.04. The van der Waals surface area contributed by atoms with Gasteiger partial charge in [0.2, 0.25) is 0 Å². The summed E-state index contributed by atoms with van der Waals surface area (Å²) in [7, 11) is 0. The standard InChI is InChI=1S/C15H23NO/c1-14(2,3)10-16-15(4)12(13(15)17)11-8-6-5-7-9-11/h5-9,12-13,16-17H,10H2,1-4H3. The van der Waals surface area contributed by atoms with Gasteiger partial charge in [0, 0.05) is 12.5 Å². The summed E-state index contributed by atoms with van der Waals surface area (Å²) >= 11 is 0. The van der Waals surface area contributed by atoms with Gasteiger partial charge >= 0.3 is 0 Å². The largest absolute Gasteiger partial charge is 0.390 e. The molecule has 1 aromatic carbocycles. The average Bonchev–Trinajstić information content (AvgIpc) is 2.80. The topological polar surface area (TPSA) is 32.3 Å². The Morgan fingerprint density at radius 3 is 2.35 bits per heavy atom. The average molecular weight is 233 g/mol. The minimum atomic E-state index is -0.271. The summed E-state index contributed by atoms with van der Waals surface area (Å²) in [6.07, 6.45) is -0.271. The second-order valence-corrected chi connectivity index (χ2v) is 6.53. The van der Waals surface area contributed by atoms with Crippen molar-refractivity contribution in [3.8, 4) is 0 Å². The van der Waals surface area contributed by atoms with E-state index in [0.717, 1.165) is 6.54 Å². The third-order valence-corrected chi connectivity index (χ3v) is 3.63. The summed E-state index contributed by atoms with van der Waals surface area (Å²) in [4.78, 5) is 0. The Morgan fingerprint density at radius 1 is 1.24 bits per heavy atom. The van der Waals surface area contributed by atoms with Gasteiger partial charge in [-0.25, -0.2) is 0 Å². The van der Waals surface area contributed by atoms with Crippen molar-refractivity contribution in [3.63, 3.8) is 0 Å². The van der Waals surface area contributed by atoms with E-state index in [2.05, 4.69) is 45.1 Å². The van der Waals surface area contributed by atoms with E-state index >= 15 is 0 Å². The number of benzene rings is 1. The molecule has 1 aliphatic carbocycles. The molecule has 0 bridgehead atoms. The van der Waals surface area contributed by atoms with E-state index in [4.69, 9.17) is 0 Å². The van der Waals surface area contributed by atoms with Crippen LogP contribution in [-0.2, 0) is 0 Å². The highest BCUT2D eigenvalue weighted by atomic mass is 16.3. The van der Waals surface area contributed by atoms with E-state index in [0.29, 0.717) is 0 Å². The smallest absolute Gasteiger partial charge is 0.0812 e. The zero-order valence-corrected chi connectivity index (χ0v) is 11.2. The predicted molar refractivity (Wildman–Crippen MR) is 71.1 cm³/mol. The van der Waals surface area contributed by atoms with Crippen molar-refractivity contribution in [1.29, 1.82) is 0 Å². The summed E-state index contributed by atoms with van der Waals surface area (Å²) < 4.78 is 0. The predicted octanol–water partition coefficient (Wildman–Crippen LogP) is 2.54. The zero-order chi connectivity index (χ0) is 12.7. The van der Waals surface area contributed by atoms with Crippen LogP contribution in [0.4, 0.5) is 0 Å². The highest BCUT2D eigenvalue weighted by molar-refractivity contribution is 5.37. The Bertz CT molecular complexity index is 382. The van der Waals surface area contributed by atoms with Gasteiger partial charge < -0.3 is 10.4 Å². The lowest BCUT2D eigenvalue weighted by atomic mass is 9.96. The van der Waals surface area contributed by atoms with Gasteiger partial charge in [0.05, 0.1) is 11.6 Å². The van der Waals surface area contributed by atoms with Crippen LogP contribution < -0.4 is 5.32 Å². The van der Waals surface area contributed by atoms with E-state index in [-0.39, 0.29) is 23.0 Å². The maximum atomic E-state index is 10.1. The van der Waals surface area contributed by atoms with Gasteiger partial charge in [0.15, 0.2) is 0 Å². The molecule has 0 saturated heterocycles. The first-order chi connectivity index (χ1) is 7.84. The molecule has 2 N–H and O–H groups in total. The van der Waals surface area contributed by atoms with Crippen LogP contribution in [0.25, 0.3) is 0 Å². The molecule has 0 aliphatic heterocycles. The molecular formula is C15H23NO. The zero-order valence-electron chi connectivity index (χ0n) is 11.2. The van der Waals surface area contributed by atoms with Crippen LogP contribution in [-0.4, -0.2) is 23.3 Å². The van der Waals surface area contributed by atoms with Gasteiger partial charge in [-0.05, 0) is 17.9 Å². The monoisotopic (exact) mass is 233 g/mol. The van der Waals surface area contributed by atoms with Crippen LogP contribution in [0.1, 0.15) is 39.2 Å². The van der Waals surface area contributed by atoms with Crippen molar-refractivity contribution >= 4 is 0 Å². The van der Waals surface area contributed by atoms with Crippen LogP contribution in [0, 0.1) is 5.41 Å². The molecule has 3 unspecified atom stereocenters. The molecule has 2 heteroatoms. The number of aliphatic hydroxyl groups excluding tert-OH is 1. The van der Waals surface area contributed by atoms with Crippen molar-refractivity contribution in [3.05, 3.63) is 35.9 Å². The first-order valence-electron chi connectivity index (χ1n) is 6.33. The maximum Gasteiger partial charge on any atom is 0.0812 e. The summed E-state index contributed by atoms with van der Waals surface area (Å²) in [5.41, 5.74) is 1.31. The lowest BCUT2D eigenvalue weighted by Gasteiger charge is -2.23. The normalized spacial score (nSPS) is 32.5. The number of rotatable bonds is 3. The van der Waals surface area contributed by atoms with Gasteiger partial charge in [0.25, 0.3) is 0 Å². The lowest BCUT2D eigenvalue weighted by Crippen LogP contribution is -2.38. The Labute approximate surface area is 104 Å². The Morgan fingerprint density at radius 2 is 1.82 bits per heavy atom. The molecule has 0 spiro atoms. The molecule has 0 amide bonds. The van der Waals surface area contributed by atoms with Gasteiger partial charge in [0.1, 0.15) is 0 Å². The first-order valence-corrected chi connectivity index (χ1v) is 6.33. The molecule has 1 saturated carbocycles. The molecule has 94 valence electrons. The fraction of sp³-hybridized carbons (Fsp3) is 0.600. The third kappa shape index (κ3) is 2.53. The number of hydrogen-bond donors (Lipinski definition) is 2. The van der Waals surface area contributed by atoms with Crippen molar-refractivity contribution < 1.29 is 5.11 Å². The van der Waals surface area contributed by atoms with Gasteiger partial charge in [-0.2, -0.15) is 0 Å². The molecule has 2 rings (SSSR count). The van der Waals surface area contributed by atoms with Crippen LogP contribution in [0.3, 0.4) is 0 Å². The summed E-state index contributed by atoms with van der Waals surface area (Å²) in [5, 5.41) is 13.7. The number of nitrogens with one attached hydrogen (secondary N) is 1. The van der Waals surface area contributed by atoms with E-state index < -0.39 is 0 Å². The SMILES string of the molecule is CC(C)(C)CNC1(C)C(O)C1c1ccccc1. The van der Waals surface area contributed by atoms with Crippen molar-refractivity contribution in [2.75, 3.05) is 6.54 Å². The van der Waals surface area contributed by atoms with E-state index in [1.165, 1.54) is 5.56 Å². The highest BCUT2D eigenvalue weighted by Gasteiger charge is 2.61. The third-order valence-electron chi connectivity index (χ3n) is 3.63. The van der Waals surface area contributed by atoms with Gasteiger partial charge in [-0.15, -0.1) is 0 Å². The van der Waals surface area contributed by atoms with Crippen LogP contribution in [0.5, 0.6) is 0 Å². The molecular weight excluding hydrogens is 210 g/mol. The van der Waals surface area contributed by atoms with Crippen molar-refractivity contribution in [2.45, 2.75) is 45.3 Å². The van der Waals surface area contributed by atoms with Crippen molar-refractivity contribution in [2.24, 2.45) is 5.41 Å². The molecule has 1 aliphatic rings. The lowest BCUT2D eigenvalue weighted by molar-refractivity contribution is 0.227. The summed E-state index contributed by atoms with van der Waals surface area (Å²) in [5.74, 6) is 0.228. The molecule has 3 atom stereocenters. The van der Waals surface area contributed by atoms with E-state index in [1.54, 1.807) is 0 Å². The molecule has 0 heterocycles. The van der Waals surface area contributed by atoms with Gasteiger partial charge in [-0.3, -0.25) is 0 Å². The second kappa shape index (κ2) is 4.11. The quantitative estimate of drug-likeness (QED) is 0.841. The van der Waals surface area contributed by atoms with E-state index in [1.807, 2.05) is 18.2 Å². The summed E-state index contributed by atoms with van der Waals surface area (Å²) in [6.45, 7) is 9.64. The van der Waals surface area contributed by atoms with Gasteiger partial charge in [-0.1, -0.05) is 51.1 Å². The number of aliphatic hydroxyl groups is 1. The summed E-state index contributed by atoms with van der Waals surface area (Å²) in [6, 6.07) is 10.3. The van der Waals surface area contributed by atoms with E-state index in [9.17, 15) is 5.11 Å². The molecule has 1 aromatic rings. The van der Waals surface area contributed by atoms with Crippen LogP contribution >= 0.6 is 0 Å². The van der Waals surface area contributed by atoms with Crippen LogP contribution in [0.15, 0.2) is 30.3 Å².